The summed E-state index contributed by atoms with van der Waals surface area (Å²) < 4.78 is 1.49. The van der Waals surface area contributed by atoms with Gasteiger partial charge in [0.05, 0.1) is 0 Å². The van der Waals surface area contributed by atoms with Crippen LogP contribution in [0.1, 0.15) is 13.3 Å². The minimum absolute atomic E-state index is 0.316. The smallest absolute Gasteiger partial charge is 0.258 e. The summed E-state index contributed by atoms with van der Waals surface area (Å²) in [6.45, 7) is 4.03. The summed E-state index contributed by atoms with van der Waals surface area (Å²) in [4.78, 5) is 19.1. The van der Waals surface area contributed by atoms with Crippen LogP contribution in [0.25, 0.3) is 5.95 Å². The van der Waals surface area contributed by atoms with Gasteiger partial charge in [0, 0.05) is 24.1 Å². The number of rotatable bonds is 4. The number of aromatic nitrogens is 6. The molecular formula is C11H17N9S. The van der Waals surface area contributed by atoms with Gasteiger partial charge >= 0.3 is 0 Å². The summed E-state index contributed by atoms with van der Waals surface area (Å²) in [5, 5.41) is 4.64. The van der Waals surface area contributed by atoms with Crippen LogP contribution >= 0.6 is 11.8 Å². The number of nitrogens with zero attached hydrogens (tertiary/aromatic N) is 7. The molecule has 1 fully saturated rings. The number of nitrogen functional groups attached to an aromatic ring is 1. The highest BCUT2D eigenvalue weighted by Gasteiger charge is 2.22. The summed E-state index contributed by atoms with van der Waals surface area (Å²) in [6.07, 6.45) is 4.11. The fourth-order valence-corrected chi connectivity index (χ4v) is 3.30. The van der Waals surface area contributed by atoms with Crippen molar-refractivity contribution in [1.82, 2.24) is 29.7 Å². The van der Waals surface area contributed by atoms with E-state index >= 15 is 0 Å². The van der Waals surface area contributed by atoms with Gasteiger partial charge in [0.15, 0.2) is 0 Å². The third-order valence-corrected chi connectivity index (χ3v) is 4.61. The van der Waals surface area contributed by atoms with Crippen molar-refractivity contribution in [2.24, 2.45) is 5.84 Å². The van der Waals surface area contributed by atoms with Crippen molar-refractivity contribution in [3.63, 3.8) is 0 Å². The molecule has 1 saturated heterocycles. The topological polar surface area (TPSA) is 111 Å². The Balaban J connectivity index is 1.92. The number of thioether (sulfide) groups is 1. The van der Waals surface area contributed by atoms with Crippen molar-refractivity contribution in [2.75, 3.05) is 29.2 Å². The lowest BCUT2D eigenvalue weighted by atomic mass is 10.3. The predicted octanol–water partition coefficient (Wildman–Crippen LogP) is 0.0697. The fourth-order valence-electron chi connectivity index (χ4n) is 2.12. The molecule has 0 aliphatic carbocycles. The molecule has 1 aliphatic rings. The molecule has 10 heteroatoms. The van der Waals surface area contributed by atoms with E-state index in [1.54, 1.807) is 6.33 Å². The number of nitrogens with two attached hydrogens (primary N) is 1. The number of nitrogens with one attached hydrogen (secondary N) is 1. The minimum atomic E-state index is 0.316. The van der Waals surface area contributed by atoms with Crippen LogP contribution in [-0.2, 0) is 0 Å². The Bertz CT molecular complexity index is 587. The largest absolute Gasteiger partial charge is 0.339 e. The molecule has 2 aromatic rings. The van der Waals surface area contributed by atoms with E-state index in [1.807, 2.05) is 11.8 Å². The van der Waals surface area contributed by atoms with Gasteiger partial charge in [-0.3, -0.25) is 5.43 Å². The second kappa shape index (κ2) is 6.22. The van der Waals surface area contributed by atoms with Gasteiger partial charge in [0.1, 0.15) is 12.7 Å². The summed E-state index contributed by atoms with van der Waals surface area (Å²) in [7, 11) is 0. The normalized spacial score (nSPS) is 18.8. The second-order valence-electron chi connectivity index (χ2n) is 4.59. The molecule has 3 rings (SSSR count). The maximum atomic E-state index is 5.45. The Morgan fingerprint density at radius 1 is 1.38 bits per heavy atom. The van der Waals surface area contributed by atoms with E-state index in [9.17, 15) is 0 Å². The summed E-state index contributed by atoms with van der Waals surface area (Å²) in [5.41, 5.74) is 2.48. The highest BCUT2D eigenvalue weighted by atomic mass is 32.2. The van der Waals surface area contributed by atoms with Gasteiger partial charge in [-0.2, -0.15) is 36.5 Å². The van der Waals surface area contributed by atoms with Crippen LogP contribution in [0, 0.1) is 0 Å². The fraction of sp³-hybridized carbons (Fsp3) is 0.545. The molecule has 0 bridgehead atoms. The zero-order chi connectivity index (χ0) is 14.7. The lowest BCUT2D eigenvalue weighted by Crippen LogP contribution is -2.39. The lowest BCUT2D eigenvalue weighted by Gasteiger charge is -2.31. The van der Waals surface area contributed by atoms with E-state index in [0.717, 1.165) is 25.3 Å². The van der Waals surface area contributed by atoms with Crippen LogP contribution in [-0.4, -0.2) is 53.8 Å². The second-order valence-corrected chi connectivity index (χ2v) is 6.00. The van der Waals surface area contributed by atoms with Crippen molar-refractivity contribution in [1.29, 1.82) is 0 Å². The van der Waals surface area contributed by atoms with Gasteiger partial charge in [-0.15, -0.1) is 0 Å². The molecule has 1 aliphatic heterocycles. The summed E-state index contributed by atoms with van der Waals surface area (Å²) >= 11 is 1.99. The Morgan fingerprint density at radius 3 is 2.95 bits per heavy atom. The molecule has 9 nitrogen and oxygen atoms in total. The highest BCUT2D eigenvalue weighted by Crippen LogP contribution is 2.24. The lowest BCUT2D eigenvalue weighted by molar-refractivity contribution is 0.698. The maximum absolute atomic E-state index is 5.45. The minimum Gasteiger partial charge on any atom is -0.339 e. The maximum Gasteiger partial charge on any atom is 0.258 e. The molecule has 21 heavy (non-hydrogen) atoms. The third kappa shape index (κ3) is 3.05. The zero-order valence-electron chi connectivity index (χ0n) is 11.7. The predicted molar refractivity (Wildman–Crippen MR) is 81.3 cm³/mol. The van der Waals surface area contributed by atoms with Crippen molar-refractivity contribution < 1.29 is 0 Å². The summed E-state index contributed by atoms with van der Waals surface area (Å²) in [5.74, 6) is 7.85. The van der Waals surface area contributed by atoms with Crippen LogP contribution in [0.5, 0.6) is 0 Å². The Morgan fingerprint density at radius 2 is 2.24 bits per heavy atom. The Labute approximate surface area is 126 Å². The van der Waals surface area contributed by atoms with E-state index < -0.39 is 0 Å². The van der Waals surface area contributed by atoms with Crippen LogP contribution in [0.15, 0.2) is 12.7 Å². The van der Waals surface area contributed by atoms with Crippen LogP contribution in [0.3, 0.4) is 0 Å². The first-order valence-electron chi connectivity index (χ1n) is 6.74. The molecule has 3 heterocycles. The monoisotopic (exact) mass is 307 g/mol. The first kappa shape index (κ1) is 14.0. The molecule has 2 aromatic heterocycles. The highest BCUT2D eigenvalue weighted by molar-refractivity contribution is 8.00. The molecule has 0 spiro atoms. The van der Waals surface area contributed by atoms with Crippen molar-refractivity contribution in [2.45, 2.75) is 18.6 Å². The third-order valence-electron chi connectivity index (χ3n) is 3.24. The van der Waals surface area contributed by atoms with Gasteiger partial charge in [0.2, 0.25) is 11.9 Å². The van der Waals surface area contributed by atoms with E-state index in [0.29, 0.717) is 23.1 Å². The molecule has 3 N–H and O–H groups in total. The van der Waals surface area contributed by atoms with Crippen LogP contribution in [0.4, 0.5) is 11.9 Å². The molecule has 112 valence electrons. The molecule has 0 saturated carbocycles. The standard InChI is InChI=1S/C11H17N9S/c1-2-8-5-19(3-4-21-8)10-15-9(18-12)16-11(17-10)20-7-13-6-14-20/h6-8H,2-5,12H2,1H3,(H,15,16,17,18). The van der Waals surface area contributed by atoms with Crippen LogP contribution in [0.2, 0.25) is 0 Å². The van der Waals surface area contributed by atoms with Gasteiger partial charge in [0.25, 0.3) is 5.95 Å². The molecule has 1 atom stereocenters. The zero-order valence-corrected chi connectivity index (χ0v) is 12.5. The molecule has 1 unspecified atom stereocenters. The van der Waals surface area contributed by atoms with Crippen molar-refractivity contribution in [3.05, 3.63) is 12.7 Å². The van der Waals surface area contributed by atoms with E-state index in [2.05, 4.69) is 42.3 Å². The molecule has 0 amide bonds. The number of hydrogen-bond acceptors (Lipinski definition) is 9. The number of hydrogen-bond donors (Lipinski definition) is 2. The first-order valence-corrected chi connectivity index (χ1v) is 7.79. The Kier molecular flexibility index (Phi) is 4.15. The van der Waals surface area contributed by atoms with Crippen molar-refractivity contribution in [3.8, 4) is 5.95 Å². The van der Waals surface area contributed by atoms with Gasteiger partial charge in [-0.05, 0) is 6.42 Å². The number of anilines is 2. The quantitative estimate of drug-likeness (QED) is 0.598. The SMILES string of the molecule is CCC1CN(c2nc(NN)nc(-n3cncn3)n2)CCS1. The van der Waals surface area contributed by atoms with E-state index in [4.69, 9.17) is 5.84 Å². The first-order chi connectivity index (χ1) is 10.3. The average Bonchev–Trinajstić information content (AvgIpc) is 3.09. The van der Waals surface area contributed by atoms with Gasteiger partial charge < -0.3 is 4.90 Å². The van der Waals surface area contributed by atoms with Crippen LogP contribution < -0.4 is 16.2 Å². The molecule has 0 radical (unpaired) electrons. The van der Waals surface area contributed by atoms with Crippen molar-refractivity contribution >= 4 is 23.7 Å². The van der Waals surface area contributed by atoms with Gasteiger partial charge in [-0.1, -0.05) is 6.92 Å². The average molecular weight is 307 g/mol. The summed E-state index contributed by atoms with van der Waals surface area (Å²) in [6, 6.07) is 0. The molecule has 0 aromatic carbocycles. The Hall–Kier alpha value is -1.94. The molecular weight excluding hydrogens is 290 g/mol. The van der Waals surface area contributed by atoms with E-state index in [1.165, 1.54) is 11.0 Å². The van der Waals surface area contributed by atoms with Gasteiger partial charge in [-0.25, -0.2) is 10.8 Å². The van der Waals surface area contributed by atoms with E-state index in [-0.39, 0.29) is 0 Å². The number of hydrazine groups is 1.